The summed E-state index contributed by atoms with van der Waals surface area (Å²) in [6, 6.07) is 8.99. The molecule has 22 heavy (non-hydrogen) atoms. The van der Waals surface area contributed by atoms with Gasteiger partial charge >= 0.3 is 132 Å². The van der Waals surface area contributed by atoms with Crippen molar-refractivity contribution in [1.29, 1.82) is 0 Å². The Morgan fingerprint density at radius 2 is 2.00 bits per heavy atom. The zero-order chi connectivity index (χ0) is 13.4. The summed E-state index contributed by atoms with van der Waals surface area (Å²) in [4.78, 5) is 0. The van der Waals surface area contributed by atoms with Crippen LogP contribution in [0.15, 0.2) is 63.4 Å². The number of benzene rings is 1. The summed E-state index contributed by atoms with van der Waals surface area (Å²) in [5, 5.41) is 5.26. The van der Waals surface area contributed by atoms with E-state index in [0.717, 1.165) is 3.63 Å². The van der Waals surface area contributed by atoms with Crippen LogP contribution in [0, 0.1) is 0 Å². The summed E-state index contributed by atoms with van der Waals surface area (Å²) in [6.07, 6.45) is 14.9. The maximum absolute atomic E-state index is 3.58. The van der Waals surface area contributed by atoms with Crippen LogP contribution in [0.25, 0.3) is 6.08 Å². The van der Waals surface area contributed by atoms with Gasteiger partial charge in [0.1, 0.15) is 0 Å². The standard InChI is InChI=1S/C12H11NP.C5H5.2ClH.Zr/c1-2-5-11-9-12(8-10(11)4-1)14-7-3-6-13-14;1-2-4-5-3-1;;;/h1-9,13-14H;1-3H,4H2;2*1H;/q;;;;+2/p-2. The van der Waals surface area contributed by atoms with Gasteiger partial charge in [-0.3, -0.25) is 0 Å². The largest absolute Gasteiger partial charge is 1.00 e. The van der Waals surface area contributed by atoms with Gasteiger partial charge in [-0.05, 0) is 0 Å². The Bertz CT molecular complexity index is 719. The van der Waals surface area contributed by atoms with Gasteiger partial charge in [0.15, 0.2) is 0 Å². The van der Waals surface area contributed by atoms with Gasteiger partial charge in [0, 0.05) is 0 Å². The number of hydrogen-bond donors (Lipinski definition) is 1. The first-order valence-corrected chi connectivity index (χ1v) is 11.2. The molecule has 2 unspecified atom stereocenters. The molecular formula is C17H16Cl2NPZr. The first-order valence-electron chi connectivity index (χ1n) is 6.98. The zero-order valence-corrected chi connectivity index (χ0v) is 16.9. The normalized spacial score (nSPS) is 23.3. The van der Waals surface area contributed by atoms with Gasteiger partial charge in [0.2, 0.25) is 0 Å². The summed E-state index contributed by atoms with van der Waals surface area (Å²) < 4.78 is 2.47. The summed E-state index contributed by atoms with van der Waals surface area (Å²) >= 11 is -0.576. The molecule has 0 aromatic heterocycles. The molecule has 1 nitrogen and oxygen atoms in total. The van der Waals surface area contributed by atoms with Crippen molar-refractivity contribution in [2.24, 2.45) is 0 Å². The summed E-state index contributed by atoms with van der Waals surface area (Å²) in [5.41, 5.74) is 3.04. The molecule has 1 heterocycles. The SMILES string of the molecule is C1=CC[C]([Zr+2][CH]2C([PH]3=CC=CN3)=Cc3ccccc32)=C1.[Cl-].[Cl-]. The van der Waals surface area contributed by atoms with Crippen LogP contribution in [-0.4, -0.2) is 5.80 Å². The van der Waals surface area contributed by atoms with Crippen molar-refractivity contribution < 1.29 is 48.0 Å². The molecule has 2 atom stereocenters. The van der Waals surface area contributed by atoms with Crippen molar-refractivity contribution in [1.82, 2.24) is 5.09 Å². The Hall–Kier alpha value is -0.257. The van der Waals surface area contributed by atoms with Crippen LogP contribution in [0.4, 0.5) is 0 Å². The van der Waals surface area contributed by atoms with Gasteiger partial charge in [-0.15, -0.1) is 0 Å². The summed E-state index contributed by atoms with van der Waals surface area (Å²) in [7, 11) is -0.675. The number of nitrogens with one attached hydrogen (secondary N) is 1. The van der Waals surface area contributed by atoms with Crippen LogP contribution in [0.2, 0.25) is 0 Å². The smallest absolute Gasteiger partial charge is 1.00 e. The Labute approximate surface area is 156 Å². The van der Waals surface area contributed by atoms with E-state index in [-0.39, 0.29) is 24.8 Å². The maximum atomic E-state index is 3.58. The minimum atomic E-state index is -0.675. The molecule has 4 rings (SSSR count). The minimum Gasteiger partial charge on any atom is -1.00 e. The van der Waals surface area contributed by atoms with Gasteiger partial charge in [0.25, 0.3) is 0 Å². The van der Waals surface area contributed by atoms with E-state index in [1.54, 1.807) is 14.2 Å². The average molecular weight is 427 g/mol. The average Bonchev–Trinajstić information content (AvgIpc) is 3.19. The number of hydrogen-bond acceptors (Lipinski definition) is 1. The topological polar surface area (TPSA) is 12.0 Å². The van der Waals surface area contributed by atoms with Gasteiger partial charge in [-0.2, -0.15) is 0 Å². The van der Waals surface area contributed by atoms with E-state index in [0.29, 0.717) is 0 Å². The third-order valence-electron chi connectivity index (χ3n) is 3.94. The Balaban J connectivity index is 0.000000882. The van der Waals surface area contributed by atoms with E-state index in [4.69, 9.17) is 0 Å². The summed E-state index contributed by atoms with van der Waals surface area (Å²) in [5.74, 6) is 2.38. The number of rotatable bonds is 3. The van der Waals surface area contributed by atoms with Crippen LogP contribution in [0.3, 0.4) is 0 Å². The molecule has 2 aliphatic carbocycles. The third kappa shape index (κ3) is 3.46. The second kappa shape index (κ2) is 8.02. The molecule has 1 aliphatic heterocycles. The summed E-state index contributed by atoms with van der Waals surface area (Å²) in [6.45, 7) is 0. The molecule has 0 saturated carbocycles. The van der Waals surface area contributed by atoms with Crippen LogP contribution >= 0.6 is 7.70 Å². The fraction of sp³-hybridized carbons (Fsp3) is 0.118. The first kappa shape index (κ1) is 18.1. The van der Waals surface area contributed by atoms with Crippen molar-refractivity contribution in [2.45, 2.75) is 10.0 Å². The number of halogens is 2. The van der Waals surface area contributed by atoms with Gasteiger partial charge in [-0.1, -0.05) is 0 Å². The van der Waals surface area contributed by atoms with Crippen molar-refractivity contribution >= 4 is 19.6 Å². The monoisotopic (exact) mass is 425 g/mol. The first-order chi connectivity index (χ1) is 9.92. The van der Waals surface area contributed by atoms with Crippen LogP contribution in [0.1, 0.15) is 21.2 Å². The molecule has 5 heteroatoms. The fourth-order valence-electron chi connectivity index (χ4n) is 2.96. The van der Waals surface area contributed by atoms with Crippen molar-refractivity contribution in [3.8, 4) is 0 Å². The van der Waals surface area contributed by atoms with Gasteiger partial charge in [-0.25, -0.2) is 0 Å². The molecule has 0 amide bonds. The van der Waals surface area contributed by atoms with E-state index in [1.807, 2.05) is 0 Å². The second-order valence-electron chi connectivity index (χ2n) is 5.21. The quantitative estimate of drug-likeness (QED) is 0.554. The fourth-order valence-corrected chi connectivity index (χ4v) is 9.91. The Morgan fingerprint density at radius 3 is 2.73 bits per heavy atom. The van der Waals surface area contributed by atoms with E-state index in [9.17, 15) is 0 Å². The van der Waals surface area contributed by atoms with Crippen molar-refractivity contribution in [2.75, 3.05) is 0 Å². The van der Waals surface area contributed by atoms with Crippen LogP contribution < -0.4 is 29.9 Å². The van der Waals surface area contributed by atoms with Gasteiger partial charge < -0.3 is 24.8 Å². The molecule has 1 aromatic rings. The molecule has 0 radical (unpaired) electrons. The molecular weight excluding hydrogens is 411 g/mol. The minimum absolute atomic E-state index is 0. The molecule has 3 aliphatic rings. The van der Waals surface area contributed by atoms with E-state index in [1.165, 1.54) is 12.0 Å². The van der Waals surface area contributed by atoms with Crippen molar-refractivity contribution in [3.63, 3.8) is 0 Å². The molecule has 0 bridgehead atoms. The zero-order valence-electron chi connectivity index (χ0n) is 11.9. The molecule has 112 valence electrons. The van der Waals surface area contributed by atoms with Crippen LogP contribution in [0.5, 0.6) is 0 Å². The van der Waals surface area contributed by atoms with E-state index >= 15 is 0 Å². The molecule has 0 spiro atoms. The Morgan fingerprint density at radius 1 is 1.14 bits per heavy atom. The molecule has 0 saturated heterocycles. The maximum Gasteiger partial charge on any atom is -1.00 e. The van der Waals surface area contributed by atoms with Crippen molar-refractivity contribution in [3.05, 3.63) is 74.5 Å². The van der Waals surface area contributed by atoms with E-state index < -0.39 is 30.9 Å². The number of fused-ring (bicyclic) bond motifs is 1. The van der Waals surface area contributed by atoms with Gasteiger partial charge in [0.05, 0.1) is 0 Å². The Kier molecular flexibility index (Phi) is 6.60. The molecule has 1 aromatic carbocycles. The number of allylic oxidation sites excluding steroid dienone is 6. The molecule has 1 N–H and O–H groups in total. The third-order valence-corrected chi connectivity index (χ3v) is 10.8. The predicted molar refractivity (Wildman–Crippen MR) is 85.7 cm³/mol. The predicted octanol–water partition coefficient (Wildman–Crippen LogP) is -1.94. The van der Waals surface area contributed by atoms with E-state index in [2.05, 4.69) is 71.7 Å². The second-order valence-corrected chi connectivity index (χ2v) is 10.9. The molecule has 0 fully saturated rings. The van der Waals surface area contributed by atoms with Crippen LogP contribution in [-0.2, 0) is 23.2 Å².